The van der Waals surface area contributed by atoms with Crippen molar-refractivity contribution in [3.05, 3.63) is 0 Å². The van der Waals surface area contributed by atoms with Crippen molar-refractivity contribution in [2.24, 2.45) is 0 Å². The zero-order valence-corrected chi connectivity index (χ0v) is 10.9. The summed E-state index contributed by atoms with van der Waals surface area (Å²) in [5, 5.41) is 6.08. The summed E-state index contributed by atoms with van der Waals surface area (Å²) in [4.78, 5) is 11.9. The fourth-order valence-electron chi connectivity index (χ4n) is 2.16. The van der Waals surface area contributed by atoms with Crippen LogP contribution in [0.5, 0.6) is 0 Å². The molecule has 0 aliphatic carbocycles. The number of amides is 1. The minimum Gasteiger partial charge on any atom is -0.376 e. The second-order valence-corrected chi connectivity index (χ2v) is 4.39. The molecule has 0 saturated carbocycles. The molecular formula is C11H21ClN2O3. The van der Waals surface area contributed by atoms with Gasteiger partial charge in [0, 0.05) is 19.7 Å². The number of nitrogens with one attached hydrogen (secondary N) is 2. The molecule has 2 heterocycles. The summed E-state index contributed by atoms with van der Waals surface area (Å²) in [6.45, 7) is 4.77. The molecule has 0 radical (unpaired) electrons. The molecule has 0 aromatic carbocycles. The summed E-state index contributed by atoms with van der Waals surface area (Å²) in [7, 11) is 0. The predicted octanol–water partition coefficient (Wildman–Crippen LogP) is 0.0803. The lowest BCUT2D eigenvalue weighted by atomic mass is 10.1. The normalized spacial score (nSPS) is 32.9. The van der Waals surface area contributed by atoms with Crippen molar-refractivity contribution in [2.75, 3.05) is 26.3 Å². The first-order valence-electron chi connectivity index (χ1n) is 6.01. The van der Waals surface area contributed by atoms with Gasteiger partial charge >= 0.3 is 0 Å². The van der Waals surface area contributed by atoms with Crippen LogP contribution in [-0.4, -0.2) is 50.5 Å². The van der Waals surface area contributed by atoms with Crippen molar-refractivity contribution in [1.29, 1.82) is 0 Å². The van der Waals surface area contributed by atoms with Crippen LogP contribution in [0.2, 0.25) is 0 Å². The number of hydrogen-bond acceptors (Lipinski definition) is 4. The van der Waals surface area contributed by atoms with E-state index in [2.05, 4.69) is 10.6 Å². The number of halogens is 1. The molecular weight excluding hydrogens is 244 g/mol. The lowest BCUT2D eigenvalue weighted by molar-refractivity contribution is -0.129. The molecule has 17 heavy (non-hydrogen) atoms. The Kier molecular flexibility index (Phi) is 6.19. The molecule has 0 bridgehead atoms. The van der Waals surface area contributed by atoms with E-state index in [1.807, 2.05) is 6.92 Å². The number of ether oxygens (including phenoxy) is 2. The Hall–Kier alpha value is -0.360. The minimum absolute atomic E-state index is 0. The van der Waals surface area contributed by atoms with Gasteiger partial charge in [-0.3, -0.25) is 4.79 Å². The van der Waals surface area contributed by atoms with Gasteiger partial charge in [-0.2, -0.15) is 0 Å². The van der Waals surface area contributed by atoms with Crippen LogP contribution in [0.3, 0.4) is 0 Å². The first-order valence-corrected chi connectivity index (χ1v) is 6.01. The van der Waals surface area contributed by atoms with Gasteiger partial charge in [-0.05, 0) is 19.8 Å². The van der Waals surface area contributed by atoms with Gasteiger partial charge in [-0.1, -0.05) is 0 Å². The summed E-state index contributed by atoms with van der Waals surface area (Å²) in [6, 6.07) is -0.227. The molecule has 0 aromatic rings. The predicted molar refractivity (Wildman–Crippen MR) is 66.4 cm³/mol. The lowest BCUT2D eigenvalue weighted by Gasteiger charge is -2.29. The molecule has 5 nitrogen and oxygen atoms in total. The molecule has 1 unspecified atom stereocenters. The first kappa shape index (κ1) is 14.7. The summed E-state index contributed by atoms with van der Waals surface area (Å²) in [6.07, 6.45) is 2.29. The molecule has 2 aliphatic rings. The molecule has 2 aliphatic heterocycles. The van der Waals surface area contributed by atoms with Crippen molar-refractivity contribution in [2.45, 2.75) is 38.0 Å². The Balaban J connectivity index is 0.00000144. The molecule has 0 aromatic heterocycles. The van der Waals surface area contributed by atoms with Gasteiger partial charge in [0.05, 0.1) is 18.8 Å². The van der Waals surface area contributed by atoms with Gasteiger partial charge in [0.25, 0.3) is 0 Å². The fourth-order valence-corrected chi connectivity index (χ4v) is 2.16. The standard InChI is InChI=1S/C11H20N2O3.ClH/c1-8-10(12-4-6-15-8)11(14)13-7-9-3-2-5-16-9;/h8-10,12H,2-7H2,1H3,(H,13,14);1H/t8-,9?,10+;/m1./s1. The van der Waals surface area contributed by atoms with E-state index in [1.165, 1.54) is 0 Å². The van der Waals surface area contributed by atoms with Crippen LogP contribution in [0.15, 0.2) is 0 Å². The molecule has 0 spiro atoms. The maximum absolute atomic E-state index is 11.9. The number of morpholine rings is 1. The molecule has 2 fully saturated rings. The molecule has 6 heteroatoms. The largest absolute Gasteiger partial charge is 0.376 e. The van der Waals surface area contributed by atoms with Crippen LogP contribution < -0.4 is 10.6 Å². The lowest BCUT2D eigenvalue weighted by Crippen LogP contribution is -2.56. The van der Waals surface area contributed by atoms with E-state index in [0.29, 0.717) is 13.2 Å². The number of hydrogen-bond donors (Lipinski definition) is 2. The van der Waals surface area contributed by atoms with Gasteiger partial charge in [0.15, 0.2) is 0 Å². The highest BCUT2D eigenvalue weighted by Gasteiger charge is 2.28. The summed E-state index contributed by atoms with van der Waals surface area (Å²) >= 11 is 0. The molecule has 2 N–H and O–H groups in total. The Morgan fingerprint density at radius 1 is 1.41 bits per heavy atom. The van der Waals surface area contributed by atoms with Crippen molar-refractivity contribution < 1.29 is 14.3 Å². The van der Waals surface area contributed by atoms with E-state index in [9.17, 15) is 4.79 Å². The molecule has 2 saturated heterocycles. The summed E-state index contributed by atoms with van der Waals surface area (Å²) in [5.41, 5.74) is 0. The van der Waals surface area contributed by atoms with Gasteiger partial charge in [-0.15, -0.1) is 12.4 Å². The molecule has 2 rings (SSSR count). The smallest absolute Gasteiger partial charge is 0.239 e. The van der Waals surface area contributed by atoms with Crippen molar-refractivity contribution in [3.8, 4) is 0 Å². The highest BCUT2D eigenvalue weighted by Crippen LogP contribution is 2.11. The van der Waals surface area contributed by atoms with E-state index in [1.54, 1.807) is 0 Å². The monoisotopic (exact) mass is 264 g/mol. The quantitative estimate of drug-likeness (QED) is 0.758. The summed E-state index contributed by atoms with van der Waals surface area (Å²) < 4.78 is 10.9. The van der Waals surface area contributed by atoms with E-state index in [-0.39, 0.29) is 36.6 Å². The molecule has 3 atom stereocenters. The van der Waals surface area contributed by atoms with Gasteiger partial charge < -0.3 is 20.1 Å². The third-order valence-corrected chi connectivity index (χ3v) is 3.13. The van der Waals surface area contributed by atoms with Crippen LogP contribution >= 0.6 is 12.4 Å². The SMILES string of the molecule is C[C@H]1OCCN[C@@H]1C(=O)NCC1CCCO1.Cl. The third kappa shape index (κ3) is 4.10. The van der Waals surface area contributed by atoms with Crippen LogP contribution in [-0.2, 0) is 14.3 Å². The molecule has 100 valence electrons. The third-order valence-electron chi connectivity index (χ3n) is 3.13. The Morgan fingerprint density at radius 2 is 2.24 bits per heavy atom. The number of rotatable bonds is 3. The van der Waals surface area contributed by atoms with E-state index in [4.69, 9.17) is 9.47 Å². The van der Waals surface area contributed by atoms with Gasteiger partial charge in [0.1, 0.15) is 6.04 Å². The zero-order valence-electron chi connectivity index (χ0n) is 10.1. The van der Waals surface area contributed by atoms with E-state index >= 15 is 0 Å². The topological polar surface area (TPSA) is 59.6 Å². The maximum atomic E-state index is 11.9. The van der Waals surface area contributed by atoms with Crippen molar-refractivity contribution in [1.82, 2.24) is 10.6 Å². The zero-order chi connectivity index (χ0) is 11.4. The second kappa shape index (κ2) is 7.16. The maximum Gasteiger partial charge on any atom is 0.239 e. The highest BCUT2D eigenvalue weighted by atomic mass is 35.5. The Morgan fingerprint density at radius 3 is 2.88 bits per heavy atom. The fraction of sp³-hybridized carbons (Fsp3) is 0.909. The van der Waals surface area contributed by atoms with Crippen LogP contribution in [0, 0.1) is 0 Å². The number of carbonyl (C=O) groups excluding carboxylic acids is 1. The Bertz CT molecular complexity index is 247. The second-order valence-electron chi connectivity index (χ2n) is 4.39. The average molecular weight is 265 g/mol. The first-order chi connectivity index (χ1) is 7.77. The van der Waals surface area contributed by atoms with Gasteiger partial charge in [-0.25, -0.2) is 0 Å². The van der Waals surface area contributed by atoms with E-state index in [0.717, 1.165) is 26.0 Å². The van der Waals surface area contributed by atoms with E-state index < -0.39 is 0 Å². The summed E-state index contributed by atoms with van der Waals surface area (Å²) in [5.74, 6) is 0.0164. The minimum atomic E-state index is -0.227. The Labute approximate surface area is 108 Å². The van der Waals surface area contributed by atoms with Crippen LogP contribution in [0.4, 0.5) is 0 Å². The highest BCUT2D eigenvalue weighted by molar-refractivity contribution is 5.85. The number of carbonyl (C=O) groups is 1. The van der Waals surface area contributed by atoms with Gasteiger partial charge in [0.2, 0.25) is 5.91 Å². The van der Waals surface area contributed by atoms with Crippen LogP contribution in [0.1, 0.15) is 19.8 Å². The van der Waals surface area contributed by atoms with Crippen LogP contribution in [0.25, 0.3) is 0 Å². The average Bonchev–Trinajstić information content (AvgIpc) is 2.79. The van der Waals surface area contributed by atoms with Crippen molar-refractivity contribution in [3.63, 3.8) is 0 Å². The van der Waals surface area contributed by atoms with Crippen molar-refractivity contribution >= 4 is 18.3 Å². The molecule has 1 amide bonds.